The quantitative estimate of drug-likeness (QED) is 0.808. The number of nitrogens with one attached hydrogen (secondary N) is 1. The van der Waals surface area contributed by atoms with Gasteiger partial charge in [0, 0.05) is 18.1 Å². The number of allylic oxidation sites excluding steroid dienone is 4. The van der Waals surface area contributed by atoms with Gasteiger partial charge in [-0.05, 0) is 25.0 Å². The van der Waals surface area contributed by atoms with Gasteiger partial charge in [-0.15, -0.1) is 0 Å². The number of aromatic nitrogens is 2. The summed E-state index contributed by atoms with van der Waals surface area (Å²) in [6.07, 6.45) is 11.2. The van der Waals surface area contributed by atoms with Gasteiger partial charge in [-0.25, -0.2) is 9.97 Å². The molecule has 0 aliphatic heterocycles. The molecule has 1 aromatic rings. The number of amides is 1. The fourth-order valence-corrected chi connectivity index (χ4v) is 1.25. The van der Waals surface area contributed by atoms with Crippen LogP contribution in [0.3, 0.4) is 0 Å². The molecule has 0 spiro atoms. The highest BCUT2D eigenvalue weighted by Gasteiger charge is 2.08. The molecule has 18 heavy (non-hydrogen) atoms. The first-order valence-electron chi connectivity index (χ1n) is 5.76. The summed E-state index contributed by atoms with van der Waals surface area (Å²) in [5.41, 5.74) is 1.63. The summed E-state index contributed by atoms with van der Waals surface area (Å²) in [5, 5.41) is 2.75. The summed E-state index contributed by atoms with van der Waals surface area (Å²) >= 11 is 0. The molecule has 0 bridgehead atoms. The Morgan fingerprint density at radius 2 is 2.11 bits per heavy atom. The average molecular weight is 243 g/mol. The molecule has 1 aromatic heterocycles. The van der Waals surface area contributed by atoms with Crippen molar-refractivity contribution in [1.82, 2.24) is 15.3 Å². The summed E-state index contributed by atoms with van der Waals surface area (Å²) in [5.74, 6) is -0.155. The Morgan fingerprint density at radius 3 is 2.67 bits per heavy atom. The smallest absolute Gasteiger partial charge is 0.293 e. The lowest BCUT2D eigenvalue weighted by Gasteiger charge is -2.04. The van der Waals surface area contributed by atoms with Gasteiger partial charge in [0.1, 0.15) is 0 Å². The Balaban J connectivity index is 2.78. The predicted molar refractivity (Wildman–Crippen MR) is 71.9 cm³/mol. The molecule has 0 aliphatic rings. The summed E-state index contributed by atoms with van der Waals surface area (Å²) in [6, 6.07) is 0. The first-order chi connectivity index (χ1) is 8.67. The number of carbonyl (C=O) groups excluding carboxylic acids is 1. The van der Waals surface area contributed by atoms with E-state index in [1.165, 1.54) is 0 Å². The van der Waals surface area contributed by atoms with Crippen LogP contribution in [0.5, 0.6) is 0 Å². The Bertz CT molecular complexity index is 472. The fourth-order valence-electron chi connectivity index (χ4n) is 1.25. The van der Waals surface area contributed by atoms with Gasteiger partial charge in [0.05, 0.1) is 0 Å². The molecule has 0 unspecified atom stereocenters. The maximum absolute atomic E-state index is 11.9. The van der Waals surface area contributed by atoms with Crippen LogP contribution in [0.25, 0.3) is 0 Å². The first-order valence-corrected chi connectivity index (χ1v) is 5.76. The van der Waals surface area contributed by atoms with Crippen LogP contribution in [0.4, 0.5) is 0 Å². The van der Waals surface area contributed by atoms with Crippen molar-refractivity contribution >= 4 is 5.91 Å². The summed E-state index contributed by atoms with van der Waals surface area (Å²) < 4.78 is 0. The number of carbonyl (C=O) groups is 1. The minimum absolute atomic E-state index is 0.162. The highest BCUT2D eigenvalue weighted by atomic mass is 16.2. The van der Waals surface area contributed by atoms with Gasteiger partial charge >= 0.3 is 0 Å². The first kappa shape index (κ1) is 13.8. The zero-order valence-electron chi connectivity index (χ0n) is 10.7. The van der Waals surface area contributed by atoms with Crippen molar-refractivity contribution in [3.8, 4) is 0 Å². The molecule has 1 N–H and O–H groups in total. The fraction of sp³-hybridized carbons (Fsp3) is 0.214. The van der Waals surface area contributed by atoms with Crippen LogP contribution in [0, 0.1) is 6.92 Å². The molecule has 0 radical (unpaired) electrons. The lowest BCUT2D eigenvalue weighted by Crippen LogP contribution is -2.24. The standard InChI is InChI=1S/C14H17N3O/c1-4-6-8-12(7-5-2)17-14(18)13-15-9-11(3)10-16-13/h4,6-10H,1,5H2,2-3H3,(H,17,18)/b8-6-,12-7+. The lowest BCUT2D eigenvalue weighted by molar-refractivity contribution is 0.0956. The van der Waals surface area contributed by atoms with E-state index >= 15 is 0 Å². The number of rotatable bonds is 5. The zero-order chi connectivity index (χ0) is 13.4. The Hall–Kier alpha value is -2.23. The van der Waals surface area contributed by atoms with Crippen LogP contribution in [-0.2, 0) is 0 Å². The predicted octanol–water partition coefficient (Wildman–Crippen LogP) is 2.55. The molecule has 0 aromatic carbocycles. The van der Waals surface area contributed by atoms with Crippen molar-refractivity contribution in [3.05, 3.63) is 60.4 Å². The Labute approximate surface area is 107 Å². The van der Waals surface area contributed by atoms with Crippen molar-refractivity contribution in [3.63, 3.8) is 0 Å². The molecule has 0 aliphatic carbocycles. The minimum Gasteiger partial charge on any atom is -0.320 e. The van der Waals surface area contributed by atoms with Crippen molar-refractivity contribution in [1.29, 1.82) is 0 Å². The molecule has 0 atom stereocenters. The van der Waals surface area contributed by atoms with E-state index in [1.807, 2.05) is 19.9 Å². The van der Waals surface area contributed by atoms with Crippen LogP contribution in [0.15, 0.2) is 49.0 Å². The second-order valence-corrected chi connectivity index (χ2v) is 3.70. The third kappa shape index (κ3) is 4.33. The second-order valence-electron chi connectivity index (χ2n) is 3.70. The molecule has 4 nitrogen and oxygen atoms in total. The molecule has 4 heteroatoms. The Kier molecular flexibility index (Phi) is 5.51. The Morgan fingerprint density at radius 1 is 1.44 bits per heavy atom. The van der Waals surface area contributed by atoms with E-state index in [-0.39, 0.29) is 11.7 Å². The summed E-state index contributed by atoms with van der Waals surface area (Å²) in [6.45, 7) is 7.46. The average Bonchev–Trinajstić information content (AvgIpc) is 2.37. The molecule has 0 fully saturated rings. The van der Waals surface area contributed by atoms with Gasteiger partial charge in [0.15, 0.2) is 0 Å². The SMILES string of the molecule is C=C/C=C\C(=C/CC)NC(=O)c1ncc(C)cn1. The molecule has 94 valence electrons. The van der Waals surface area contributed by atoms with E-state index in [1.54, 1.807) is 30.6 Å². The second kappa shape index (κ2) is 7.17. The highest BCUT2D eigenvalue weighted by molar-refractivity contribution is 5.91. The van der Waals surface area contributed by atoms with Crippen LogP contribution < -0.4 is 5.32 Å². The van der Waals surface area contributed by atoms with Crippen LogP contribution in [-0.4, -0.2) is 15.9 Å². The van der Waals surface area contributed by atoms with Crippen LogP contribution in [0.2, 0.25) is 0 Å². The van der Waals surface area contributed by atoms with Gasteiger partial charge in [-0.3, -0.25) is 4.79 Å². The molecular formula is C14H17N3O. The number of hydrogen-bond donors (Lipinski definition) is 1. The van der Waals surface area contributed by atoms with E-state index in [0.717, 1.165) is 12.0 Å². The van der Waals surface area contributed by atoms with Gasteiger partial charge in [-0.2, -0.15) is 0 Å². The third-order valence-corrected chi connectivity index (χ3v) is 2.08. The van der Waals surface area contributed by atoms with E-state index in [0.29, 0.717) is 5.70 Å². The van der Waals surface area contributed by atoms with Gasteiger partial charge in [-0.1, -0.05) is 31.7 Å². The third-order valence-electron chi connectivity index (χ3n) is 2.08. The summed E-state index contributed by atoms with van der Waals surface area (Å²) in [4.78, 5) is 19.8. The van der Waals surface area contributed by atoms with E-state index in [2.05, 4.69) is 21.9 Å². The topological polar surface area (TPSA) is 54.9 Å². The largest absolute Gasteiger partial charge is 0.320 e. The van der Waals surface area contributed by atoms with Crippen molar-refractivity contribution in [2.45, 2.75) is 20.3 Å². The maximum atomic E-state index is 11.9. The molecule has 1 amide bonds. The highest BCUT2D eigenvalue weighted by Crippen LogP contribution is 1.99. The van der Waals surface area contributed by atoms with Crippen molar-refractivity contribution < 1.29 is 4.79 Å². The maximum Gasteiger partial charge on any atom is 0.293 e. The van der Waals surface area contributed by atoms with Crippen LogP contribution in [0.1, 0.15) is 29.5 Å². The van der Waals surface area contributed by atoms with Gasteiger partial charge in [0.25, 0.3) is 5.91 Å². The minimum atomic E-state index is -0.316. The van der Waals surface area contributed by atoms with E-state index < -0.39 is 0 Å². The number of hydrogen-bond acceptors (Lipinski definition) is 3. The van der Waals surface area contributed by atoms with E-state index in [4.69, 9.17) is 0 Å². The molecule has 1 rings (SSSR count). The molecule has 1 heterocycles. The molecule has 0 saturated carbocycles. The number of nitrogens with zero attached hydrogens (tertiary/aromatic N) is 2. The molecular weight excluding hydrogens is 226 g/mol. The summed E-state index contributed by atoms with van der Waals surface area (Å²) in [7, 11) is 0. The van der Waals surface area contributed by atoms with Crippen LogP contribution >= 0.6 is 0 Å². The monoisotopic (exact) mass is 243 g/mol. The molecule has 0 saturated heterocycles. The van der Waals surface area contributed by atoms with Crippen molar-refractivity contribution in [2.24, 2.45) is 0 Å². The van der Waals surface area contributed by atoms with E-state index in [9.17, 15) is 4.79 Å². The zero-order valence-corrected chi connectivity index (χ0v) is 10.7. The number of aryl methyl sites for hydroxylation is 1. The van der Waals surface area contributed by atoms with Crippen molar-refractivity contribution in [2.75, 3.05) is 0 Å². The van der Waals surface area contributed by atoms with Gasteiger partial charge < -0.3 is 5.32 Å². The van der Waals surface area contributed by atoms with Gasteiger partial charge in [0.2, 0.25) is 5.82 Å². The normalized spacial score (nSPS) is 11.6. The lowest BCUT2D eigenvalue weighted by atomic mass is 10.3.